The fourth-order valence-corrected chi connectivity index (χ4v) is 2.16. The second-order valence-corrected chi connectivity index (χ2v) is 3.28. The molecule has 2 unspecified atom stereocenters. The summed E-state index contributed by atoms with van der Waals surface area (Å²) in [4.78, 5) is 0. The van der Waals surface area contributed by atoms with Crippen molar-refractivity contribution in [1.29, 1.82) is 0 Å². The molecule has 2 aliphatic carbocycles. The van der Waals surface area contributed by atoms with Gasteiger partial charge in [-0.05, 0) is 17.1 Å². The van der Waals surface area contributed by atoms with E-state index in [-0.39, 0.29) is 0 Å². The molecule has 0 aromatic carbocycles. The van der Waals surface area contributed by atoms with Gasteiger partial charge in [0.15, 0.2) is 6.20 Å². The van der Waals surface area contributed by atoms with Crippen LogP contribution in [0.1, 0.15) is 29.4 Å². The van der Waals surface area contributed by atoms with Crippen molar-refractivity contribution in [2.75, 3.05) is 0 Å². The molecule has 0 aliphatic heterocycles. The molecule has 1 heterocycles. The average Bonchev–Trinajstić information content (AvgIpc) is 2.64. The summed E-state index contributed by atoms with van der Waals surface area (Å²) in [5, 5.41) is 6.91. The molecule has 2 nitrogen and oxygen atoms in total. The van der Waals surface area contributed by atoms with Gasteiger partial charge in [0, 0.05) is 17.4 Å². The van der Waals surface area contributed by atoms with Crippen LogP contribution < -0.4 is 5.10 Å². The van der Waals surface area contributed by atoms with E-state index in [1.165, 1.54) is 17.5 Å². The SMILES string of the molecule is C1=CC2CC1c1cn[nH+]cc12. The predicted octanol–water partition coefficient (Wildman–Crippen LogP) is 1.04. The molecule has 0 amide bonds. The first-order chi connectivity index (χ1) is 5.45. The van der Waals surface area contributed by atoms with Crippen LogP contribution in [0.3, 0.4) is 0 Å². The Morgan fingerprint density at radius 1 is 1.27 bits per heavy atom. The summed E-state index contributed by atoms with van der Waals surface area (Å²) in [5.41, 5.74) is 2.88. The summed E-state index contributed by atoms with van der Waals surface area (Å²) < 4.78 is 0. The highest BCUT2D eigenvalue weighted by molar-refractivity contribution is 5.43. The third kappa shape index (κ3) is 0.570. The first-order valence-corrected chi connectivity index (χ1v) is 3.99. The third-order valence-electron chi connectivity index (χ3n) is 2.71. The van der Waals surface area contributed by atoms with Crippen LogP contribution in [-0.4, -0.2) is 5.10 Å². The normalized spacial score (nSPS) is 30.9. The highest BCUT2D eigenvalue weighted by Gasteiger charge is 2.34. The Kier molecular flexibility index (Phi) is 0.844. The van der Waals surface area contributed by atoms with E-state index in [9.17, 15) is 0 Å². The maximum Gasteiger partial charge on any atom is 0.197 e. The second-order valence-electron chi connectivity index (χ2n) is 3.28. The van der Waals surface area contributed by atoms with Gasteiger partial charge in [0.25, 0.3) is 0 Å². The van der Waals surface area contributed by atoms with Crippen LogP contribution >= 0.6 is 0 Å². The molecular formula is C9H9N2+. The zero-order chi connectivity index (χ0) is 7.26. The maximum atomic E-state index is 4.02. The highest BCUT2D eigenvalue weighted by Crippen LogP contribution is 2.46. The molecule has 2 heteroatoms. The Labute approximate surface area is 65.0 Å². The first-order valence-electron chi connectivity index (χ1n) is 3.99. The lowest BCUT2D eigenvalue weighted by Crippen LogP contribution is -2.10. The Bertz CT molecular complexity index is 299. The lowest BCUT2D eigenvalue weighted by atomic mass is 10.0. The zero-order valence-corrected chi connectivity index (χ0v) is 6.12. The number of nitrogens with one attached hydrogen (secondary N) is 1. The van der Waals surface area contributed by atoms with E-state index < -0.39 is 0 Å². The van der Waals surface area contributed by atoms with E-state index in [0.717, 1.165) is 0 Å². The van der Waals surface area contributed by atoms with E-state index in [1.807, 2.05) is 12.4 Å². The summed E-state index contributed by atoms with van der Waals surface area (Å²) in [6.07, 6.45) is 9.87. The lowest BCUT2D eigenvalue weighted by Gasteiger charge is -2.03. The minimum atomic E-state index is 0.664. The molecule has 11 heavy (non-hydrogen) atoms. The van der Waals surface area contributed by atoms with Crippen molar-refractivity contribution < 1.29 is 5.10 Å². The molecule has 0 spiro atoms. The van der Waals surface area contributed by atoms with E-state index in [4.69, 9.17) is 0 Å². The lowest BCUT2D eigenvalue weighted by molar-refractivity contribution is -0.456. The van der Waals surface area contributed by atoms with Crippen LogP contribution in [0.25, 0.3) is 0 Å². The molecule has 2 aliphatic rings. The Morgan fingerprint density at radius 2 is 2.09 bits per heavy atom. The number of fused-ring (bicyclic) bond motifs is 5. The number of hydrogen-bond donors (Lipinski definition) is 0. The number of nitrogens with zero attached hydrogens (tertiary/aromatic N) is 1. The third-order valence-corrected chi connectivity index (χ3v) is 2.71. The quantitative estimate of drug-likeness (QED) is 0.501. The fraction of sp³-hybridized carbons (Fsp3) is 0.333. The maximum absolute atomic E-state index is 4.02. The summed E-state index contributed by atoms with van der Waals surface area (Å²) in [6.45, 7) is 0. The molecule has 54 valence electrons. The second kappa shape index (κ2) is 1.70. The van der Waals surface area contributed by atoms with Crippen molar-refractivity contribution in [1.82, 2.24) is 5.10 Å². The number of aromatic amines is 1. The molecule has 1 N–H and O–H groups in total. The van der Waals surface area contributed by atoms with Crippen LogP contribution in [0.15, 0.2) is 24.5 Å². The van der Waals surface area contributed by atoms with Gasteiger partial charge in [-0.25, -0.2) is 0 Å². The van der Waals surface area contributed by atoms with Crippen molar-refractivity contribution in [2.24, 2.45) is 0 Å². The molecule has 2 bridgehead atoms. The first kappa shape index (κ1) is 5.47. The van der Waals surface area contributed by atoms with Gasteiger partial charge in [0.2, 0.25) is 0 Å². The minimum Gasteiger partial charge on any atom is -0.106 e. The zero-order valence-electron chi connectivity index (χ0n) is 6.12. The highest BCUT2D eigenvalue weighted by atomic mass is 15.1. The van der Waals surface area contributed by atoms with Gasteiger partial charge in [-0.2, -0.15) is 0 Å². The Morgan fingerprint density at radius 3 is 2.91 bits per heavy atom. The molecule has 0 saturated heterocycles. The smallest absolute Gasteiger partial charge is 0.106 e. The van der Waals surface area contributed by atoms with E-state index in [1.54, 1.807) is 0 Å². The Balaban J connectivity index is 2.28. The molecule has 0 fully saturated rings. The van der Waals surface area contributed by atoms with E-state index >= 15 is 0 Å². The molecule has 0 radical (unpaired) electrons. The van der Waals surface area contributed by atoms with Crippen molar-refractivity contribution in [2.45, 2.75) is 18.3 Å². The number of hydrogen-bond acceptors (Lipinski definition) is 1. The molecule has 2 atom stereocenters. The average molecular weight is 145 g/mol. The number of rotatable bonds is 0. The Hall–Kier alpha value is -1.18. The van der Waals surface area contributed by atoms with Crippen molar-refractivity contribution in [3.63, 3.8) is 0 Å². The minimum absolute atomic E-state index is 0.664. The van der Waals surface area contributed by atoms with Crippen molar-refractivity contribution >= 4 is 0 Å². The van der Waals surface area contributed by atoms with Gasteiger partial charge in [0.05, 0.1) is 6.20 Å². The molecule has 0 saturated carbocycles. The number of aromatic nitrogens is 2. The molecular weight excluding hydrogens is 136 g/mol. The monoisotopic (exact) mass is 145 g/mol. The van der Waals surface area contributed by atoms with E-state index in [2.05, 4.69) is 22.3 Å². The summed E-state index contributed by atoms with van der Waals surface area (Å²) in [5.74, 6) is 1.34. The molecule has 1 aromatic heterocycles. The molecule has 3 rings (SSSR count). The number of allylic oxidation sites excluding steroid dienone is 2. The van der Waals surface area contributed by atoms with Crippen LogP contribution in [0.5, 0.6) is 0 Å². The van der Waals surface area contributed by atoms with Gasteiger partial charge in [0.1, 0.15) is 0 Å². The predicted molar refractivity (Wildman–Crippen MR) is 40.0 cm³/mol. The summed E-state index contributed by atoms with van der Waals surface area (Å²) in [7, 11) is 0. The van der Waals surface area contributed by atoms with Crippen LogP contribution in [0.4, 0.5) is 0 Å². The largest absolute Gasteiger partial charge is 0.197 e. The fourth-order valence-electron chi connectivity index (χ4n) is 2.16. The van der Waals surface area contributed by atoms with Crippen LogP contribution in [0.2, 0.25) is 0 Å². The summed E-state index contributed by atoms with van der Waals surface area (Å²) in [6, 6.07) is 0. The van der Waals surface area contributed by atoms with Crippen molar-refractivity contribution in [3.05, 3.63) is 35.7 Å². The topological polar surface area (TPSA) is 27.0 Å². The van der Waals surface area contributed by atoms with Crippen LogP contribution in [-0.2, 0) is 0 Å². The van der Waals surface area contributed by atoms with Crippen molar-refractivity contribution in [3.8, 4) is 0 Å². The van der Waals surface area contributed by atoms with Gasteiger partial charge >= 0.3 is 0 Å². The van der Waals surface area contributed by atoms with E-state index in [0.29, 0.717) is 11.8 Å². The van der Waals surface area contributed by atoms with Gasteiger partial charge < -0.3 is 0 Å². The van der Waals surface area contributed by atoms with Crippen LogP contribution in [0, 0.1) is 0 Å². The summed E-state index contributed by atoms with van der Waals surface area (Å²) >= 11 is 0. The van der Waals surface area contributed by atoms with Gasteiger partial charge in [-0.3, -0.25) is 0 Å². The van der Waals surface area contributed by atoms with Gasteiger partial charge in [-0.1, -0.05) is 12.2 Å². The molecule has 1 aromatic rings. The van der Waals surface area contributed by atoms with Gasteiger partial charge in [-0.15, -0.1) is 5.10 Å². The standard InChI is InChI=1S/C9H8N2/c1-2-7-3-6(1)8-4-10-11-5-9(7)8/h1-2,4-7H,3H2/p+1. The number of H-pyrrole nitrogens is 1.